The zero-order chi connectivity index (χ0) is 24.9. The Bertz CT molecular complexity index is 1300. The number of nitrogens with zero attached hydrogens (tertiary/aromatic N) is 1. The second-order valence-electron chi connectivity index (χ2n) is 7.55. The van der Waals surface area contributed by atoms with Crippen molar-refractivity contribution in [3.8, 4) is 17.2 Å². The Hall–Kier alpha value is -2.71. The molecule has 0 bridgehead atoms. The second kappa shape index (κ2) is 11.4. The van der Waals surface area contributed by atoms with Gasteiger partial charge in [0, 0.05) is 15.6 Å². The van der Waals surface area contributed by atoms with Gasteiger partial charge in [0.15, 0.2) is 11.5 Å². The molecule has 3 aromatic carbocycles. The summed E-state index contributed by atoms with van der Waals surface area (Å²) in [6.45, 7) is 0.658. The van der Waals surface area contributed by atoms with Crippen molar-refractivity contribution in [3.63, 3.8) is 0 Å². The third kappa shape index (κ3) is 6.11. The molecule has 1 fully saturated rings. The normalized spacial score (nSPS) is 14.5. The Labute approximate surface area is 223 Å². The summed E-state index contributed by atoms with van der Waals surface area (Å²) in [5.41, 5.74) is 2.57. The van der Waals surface area contributed by atoms with E-state index in [4.69, 9.17) is 49.6 Å². The highest BCUT2D eigenvalue weighted by atomic mass is 35.5. The highest BCUT2D eigenvalue weighted by Gasteiger charge is 2.32. The van der Waals surface area contributed by atoms with Crippen molar-refractivity contribution in [1.82, 2.24) is 4.90 Å². The third-order valence-corrected chi connectivity index (χ3v) is 7.22. The van der Waals surface area contributed by atoms with Crippen LogP contribution in [-0.2, 0) is 17.9 Å². The van der Waals surface area contributed by atoms with Crippen LogP contribution < -0.4 is 14.2 Å². The Morgan fingerprint density at radius 2 is 1.74 bits per heavy atom. The van der Waals surface area contributed by atoms with Crippen LogP contribution >= 0.6 is 47.2 Å². The van der Waals surface area contributed by atoms with Crippen LogP contribution in [0.3, 0.4) is 0 Å². The summed E-state index contributed by atoms with van der Waals surface area (Å²) < 4.78 is 17.1. The molecule has 5 nitrogen and oxygen atoms in total. The fourth-order valence-corrected chi connectivity index (χ4v) is 5.11. The van der Waals surface area contributed by atoms with Crippen molar-refractivity contribution in [3.05, 3.63) is 92.3 Å². The average molecular weight is 546 g/mol. The quantitative estimate of drug-likeness (QED) is 0.224. The molecule has 1 amide bonds. The lowest BCUT2D eigenvalue weighted by Gasteiger charge is -2.14. The Kier molecular flexibility index (Phi) is 8.23. The minimum atomic E-state index is -0.132. The molecular formula is C26H21Cl2NO4S2. The smallest absolute Gasteiger partial charge is 0.266 e. The van der Waals surface area contributed by atoms with Gasteiger partial charge in [-0.25, -0.2) is 0 Å². The molecule has 0 aliphatic carbocycles. The van der Waals surface area contributed by atoms with E-state index in [2.05, 4.69) is 0 Å². The standard InChI is InChI=1S/C26H21Cl2NO4S2/c1-31-20-8-3-16(4-9-20)14-29-25(30)24(35-26(29)34)12-17-5-10-22(23(11-17)32-2)33-15-18-6-7-19(27)13-21(18)28/h3-13H,14-15H2,1-2H3/b24-12+. The molecule has 180 valence electrons. The molecule has 1 saturated heterocycles. The van der Waals surface area contributed by atoms with Gasteiger partial charge in [-0.05, 0) is 53.6 Å². The highest BCUT2D eigenvalue weighted by Crippen LogP contribution is 2.36. The topological polar surface area (TPSA) is 48.0 Å². The van der Waals surface area contributed by atoms with Crippen molar-refractivity contribution in [1.29, 1.82) is 0 Å². The number of ether oxygens (including phenoxy) is 3. The highest BCUT2D eigenvalue weighted by molar-refractivity contribution is 8.26. The molecule has 0 atom stereocenters. The molecule has 0 spiro atoms. The van der Waals surface area contributed by atoms with E-state index in [-0.39, 0.29) is 12.5 Å². The number of thiocarbonyl (C=S) groups is 1. The molecular weight excluding hydrogens is 525 g/mol. The summed E-state index contributed by atoms with van der Waals surface area (Å²) in [5.74, 6) is 1.73. The number of rotatable bonds is 8. The number of methoxy groups -OCH3 is 2. The molecule has 35 heavy (non-hydrogen) atoms. The van der Waals surface area contributed by atoms with Crippen molar-refractivity contribution < 1.29 is 19.0 Å². The summed E-state index contributed by atoms with van der Waals surface area (Å²) in [6, 6.07) is 18.3. The monoisotopic (exact) mass is 545 g/mol. The van der Waals surface area contributed by atoms with E-state index >= 15 is 0 Å². The largest absolute Gasteiger partial charge is 0.497 e. The molecule has 0 aromatic heterocycles. The zero-order valence-corrected chi connectivity index (χ0v) is 22.1. The number of amides is 1. The number of carbonyl (C=O) groups excluding carboxylic acids is 1. The predicted octanol–water partition coefficient (Wildman–Crippen LogP) is 6.99. The van der Waals surface area contributed by atoms with E-state index in [9.17, 15) is 4.79 Å². The lowest BCUT2D eigenvalue weighted by atomic mass is 10.1. The first-order valence-corrected chi connectivity index (χ1v) is 12.5. The number of benzene rings is 3. The average Bonchev–Trinajstić information content (AvgIpc) is 3.11. The van der Waals surface area contributed by atoms with Crippen LogP contribution in [0.4, 0.5) is 0 Å². The maximum absolute atomic E-state index is 13.0. The molecule has 1 aliphatic rings. The van der Waals surface area contributed by atoms with Crippen LogP contribution in [0, 0.1) is 0 Å². The van der Waals surface area contributed by atoms with Gasteiger partial charge in [0.1, 0.15) is 16.7 Å². The van der Waals surface area contributed by atoms with Crippen LogP contribution in [-0.4, -0.2) is 29.3 Å². The third-order valence-electron chi connectivity index (χ3n) is 5.26. The van der Waals surface area contributed by atoms with Crippen molar-refractivity contribution >= 4 is 63.5 Å². The maximum atomic E-state index is 13.0. The molecule has 0 unspecified atom stereocenters. The van der Waals surface area contributed by atoms with E-state index in [1.807, 2.05) is 42.5 Å². The molecule has 9 heteroatoms. The molecule has 1 heterocycles. The van der Waals surface area contributed by atoms with E-state index < -0.39 is 0 Å². The van der Waals surface area contributed by atoms with Gasteiger partial charge in [0.25, 0.3) is 5.91 Å². The van der Waals surface area contributed by atoms with Crippen LogP contribution in [0.25, 0.3) is 6.08 Å². The van der Waals surface area contributed by atoms with Gasteiger partial charge < -0.3 is 14.2 Å². The minimum absolute atomic E-state index is 0.132. The molecule has 0 radical (unpaired) electrons. The second-order valence-corrected chi connectivity index (χ2v) is 10.1. The van der Waals surface area contributed by atoms with Crippen molar-refractivity contribution in [2.45, 2.75) is 13.2 Å². The summed E-state index contributed by atoms with van der Waals surface area (Å²) in [4.78, 5) is 15.2. The first-order valence-electron chi connectivity index (χ1n) is 10.5. The number of hydrogen-bond donors (Lipinski definition) is 0. The SMILES string of the molecule is COc1ccc(CN2C(=O)/C(=C\c3ccc(OCc4ccc(Cl)cc4Cl)c(OC)c3)SC2=S)cc1. The zero-order valence-electron chi connectivity index (χ0n) is 18.9. The van der Waals surface area contributed by atoms with Gasteiger partial charge >= 0.3 is 0 Å². The summed E-state index contributed by atoms with van der Waals surface area (Å²) in [6.07, 6.45) is 1.80. The van der Waals surface area contributed by atoms with Crippen LogP contribution in [0.2, 0.25) is 10.0 Å². The number of thioether (sulfide) groups is 1. The summed E-state index contributed by atoms with van der Waals surface area (Å²) in [5, 5.41) is 1.10. The Morgan fingerprint density at radius 3 is 2.43 bits per heavy atom. The van der Waals surface area contributed by atoms with E-state index in [1.165, 1.54) is 11.8 Å². The van der Waals surface area contributed by atoms with Gasteiger partial charge in [-0.15, -0.1) is 0 Å². The molecule has 0 saturated carbocycles. The van der Waals surface area contributed by atoms with Crippen molar-refractivity contribution in [2.75, 3.05) is 14.2 Å². The molecule has 4 rings (SSSR count). The molecule has 1 aliphatic heterocycles. The van der Waals surface area contributed by atoms with Gasteiger partial charge in [0.05, 0.1) is 25.7 Å². The lowest BCUT2D eigenvalue weighted by molar-refractivity contribution is -0.122. The minimum Gasteiger partial charge on any atom is -0.497 e. The summed E-state index contributed by atoms with van der Waals surface area (Å²) >= 11 is 18.9. The van der Waals surface area contributed by atoms with E-state index in [1.54, 1.807) is 43.4 Å². The molecule has 0 N–H and O–H groups in total. The fraction of sp³-hybridized carbons (Fsp3) is 0.154. The van der Waals surface area contributed by atoms with E-state index in [0.717, 1.165) is 22.4 Å². The Balaban J connectivity index is 1.47. The number of hydrogen-bond acceptors (Lipinski definition) is 6. The molecule has 3 aromatic rings. The van der Waals surface area contributed by atoms with Crippen LogP contribution in [0.1, 0.15) is 16.7 Å². The van der Waals surface area contributed by atoms with Crippen LogP contribution in [0.5, 0.6) is 17.2 Å². The van der Waals surface area contributed by atoms with Crippen molar-refractivity contribution in [2.24, 2.45) is 0 Å². The summed E-state index contributed by atoms with van der Waals surface area (Å²) in [7, 11) is 3.18. The first-order chi connectivity index (χ1) is 16.9. The maximum Gasteiger partial charge on any atom is 0.266 e. The lowest BCUT2D eigenvalue weighted by Crippen LogP contribution is -2.27. The van der Waals surface area contributed by atoms with Gasteiger partial charge in [-0.1, -0.05) is 71.4 Å². The Morgan fingerprint density at radius 1 is 0.971 bits per heavy atom. The first kappa shape index (κ1) is 25.4. The predicted molar refractivity (Wildman–Crippen MR) is 145 cm³/mol. The van der Waals surface area contributed by atoms with Crippen LogP contribution in [0.15, 0.2) is 65.6 Å². The number of halogens is 2. The van der Waals surface area contributed by atoms with Gasteiger partial charge in [-0.2, -0.15) is 0 Å². The van der Waals surface area contributed by atoms with Gasteiger partial charge in [0.2, 0.25) is 0 Å². The van der Waals surface area contributed by atoms with E-state index in [0.29, 0.717) is 37.3 Å². The number of carbonyl (C=O) groups is 1. The van der Waals surface area contributed by atoms with Gasteiger partial charge in [-0.3, -0.25) is 9.69 Å². The fourth-order valence-electron chi connectivity index (χ4n) is 3.39.